The predicted molar refractivity (Wildman–Crippen MR) is 254 cm³/mol. The summed E-state index contributed by atoms with van der Waals surface area (Å²) >= 11 is 12.9. The smallest absolute Gasteiger partial charge is 0.264 e. The zero-order valence-electron chi connectivity index (χ0n) is 35.0. The van der Waals surface area contributed by atoms with Crippen molar-refractivity contribution >= 4 is 88.3 Å². The van der Waals surface area contributed by atoms with Crippen molar-refractivity contribution in [3.8, 4) is 22.3 Å². The minimum absolute atomic E-state index is 0.146. The molecule has 14 nitrogen and oxygen atoms in total. The molecule has 0 amide bonds. The summed E-state index contributed by atoms with van der Waals surface area (Å²) in [5.74, 6) is -0.739. The Morgan fingerprint density at radius 1 is 0.591 bits per heavy atom. The maximum Gasteiger partial charge on any atom is 0.264 e. The van der Waals surface area contributed by atoms with Crippen LogP contribution in [-0.2, 0) is 20.0 Å². The van der Waals surface area contributed by atoms with Gasteiger partial charge in [-0.15, -0.1) is 0 Å². The fraction of sp³-hybridized carbons (Fsp3) is 0.217. The molecule has 4 aromatic heterocycles. The monoisotopic (exact) mass is 970 g/mol. The van der Waals surface area contributed by atoms with Crippen LogP contribution in [0.2, 0.25) is 10.0 Å². The Morgan fingerprint density at radius 2 is 1.08 bits per heavy atom. The molecule has 0 saturated heterocycles. The average Bonchev–Trinajstić information content (AvgIpc) is 4.13. The largest absolute Gasteiger partial charge is 0.383 e. The van der Waals surface area contributed by atoms with Gasteiger partial charge in [-0.3, -0.25) is 9.44 Å². The molecule has 2 fully saturated rings. The summed E-state index contributed by atoms with van der Waals surface area (Å²) in [6.07, 6.45) is 15.9. The fourth-order valence-electron chi connectivity index (χ4n) is 8.81. The number of fused-ring (bicyclic) bond motifs is 2. The van der Waals surface area contributed by atoms with Gasteiger partial charge in [-0.05, 0) is 91.4 Å². The summed E-state index contributed by atoms with van der Waals surface area (Å²) < 4.78 is 87.2. The Balaban J connectivity index is 0.000000166. The number of rotatable bonds is 10. The van der Waals surface area contributed by atoms with Gasteiger partial charge in [-0.1, -0.05) is 79.2 Å². The summed E-state index contributed by atoms with van der Waals surface area (Å²) in [6.45, 7) is 0. The highest BCUT2D eigenvalue weighted by Gasteiger charge is 2.26. The SMILES string of the molecule is Nc1ncnc2c1c(-c1ccc(NS(=O)(=O)c3cccc(F)c3)c(Cl)c1)cn2C1CCCC1.Nc1ncnc2c1c(-c1ccc(NS(=O)(=O)c3ccccc3F)c(Cl)c1)cn2C1CCCC1. The third kappa shape index (κ3) is 8.85. The maximum atomic E-state index is 14.0. The number of benzene rings is 4. The average molecular weight is 972 g/mol. The number of hydrogen-bond donors (Lipinski definition) is 4. The van der Waals surface area contributed by atoms with E-state index in [1.807, 2.05) is 12.4 Å². The van der Waals surface area contributed by atoms with Crippen LogP contribution in [0.4, 0.5) is 31.8 Å². The minimum Gasteiger partial charge on any atom is -0.383 e. The molecule has 4 heterocycles. The van der Waals surface area contributed by atoms with E-state index in [1.165, 1.54) is 74.7 Å². The van der Waals surface area contributed by atoms with Crippen molar-refractivity contribution in [2.24, 2.45) is 0 Å². The van der Waals surface area contributed by atoms with E-state index in [0.717, 1.165) is 82.1 Å². The normalized spacial score (nSPS) is 14.7. The van der Waals surface area contributed by atoms with Gasteiger partial charge in [0.05, 0.1) is 37.1 Å². The van der Waals surface area contributed by atoms with Gasteiger partial charge >= 0.3 is 0 Å². The van der Waals surface area contributed by atoms with Crippen molar-refractivity contribution in [3.63, 3.8) is 0 Å². The summed E-state index contributed by atoms with van der Waals surface area (Å²) in [4.78, 5) is 16.6. The van der Waals surface area contributed by atoms with Crippen LogP contribution in [0.15, 0.2) is 120 Å². The molecule has 0 aliphatic heterocycles. The van der Waals surface area contributed by atoms with E-state index in [9.17, 15) is 25.6 Å². The molecule has 2 aliphatic rings. The van der Waals surface area contributed by atoms with Crippen molar-refractivity contribution in [1.29, 1.82) is 0 Å². The highest BCUT2D eigenvalue weighted by atomic mass is 35.5. The van der Waals surface area contributed by atoms with Gasteiger partial charge < -0.3 is 20.6 Å². The van der Waals surface area contributed by atoms with Crippen LogP contribution in [0, 0.1) is 11.6 Å². The van der Waals surface area contributed by atoms with E-state index in [2.05, 4.69) is 38.5 Å². The number of sulfonamides is 2. The first-order valence-corrected chi connectivity index (χ1v) is 24.8. The van der Waals surface area contributed by atoms with Gasteiger partial charge in [0.2, 0.25) is 0 Å². The van der Waals surface area contributed by atoms with Gasteiger partial charge in [0.25, 0.3) is 20.0 Å². The molecule has 0 bridgehead atoms. The molecule has 2 saturated carbocycles. The number of nitrogens with zero attached hydrogens (tertiary/aromatic N) is 6. The van der Waals surface area contributed by atoms with Gasteiger partial charge in [-0.25, -0.2) is 45.6 Å². The lowest BCUT2D eigenvalue weighted by molar-refractivity contribution is 0.532. The summed E-state index contributed by atoms with van der Waals surface area (Å²) in [7, 11) is -8.15. The molecule has 2 aliphatic carbocycles. The van der Waals surface area contributed by atoms with Crippen molar-refractivity contribution in [2.45, 2.75) is 73.2 Å². The third-order valence-electron chi connectivity index (χ3n) is 12.0. The number of nitrogens with two attached hydrogens (primary N) is 2. The molecule has 0 atom stereocenters. The molecule has 340 valence electrons. The van der Waals surface area contributed by atoms with E-state index >= 15 is 0 Å². The number of anilines is 4. The zero-order chi connectivity index (χ0) is 46.3. The Kier molecular flexibility index (Phi) is 12.3. The second-order valence-corrected chi connectivity index (χ2v) is 20.3. The lowest BCUT2D eigenvalue weighted by atomic mass is 10.1. The van der Waals surface area contributed by atoms with Crippen LogP contribution in [-0.4, -0.2) is 45.9 Å². The first-order valence-electron chi connectivity index (χ1n) is 21.1. The molecule has 20 heteroatoms. The fourth-order valence-corrected chi connectivity index (χ4v) is 11.6. The first-order chi connectivity index (χ1) is 31.7. The van der Waals surface area contributed by atoms with Crippen LogP contribution >= 0.6 is 23.2 Å². The third-order valence-corrected chi connectivity index (χ3v) is 15.4. The Labute approximate surface area is 389 Å². The second kappa shape index (κ2) is 18.1. The molecule has 66 heavy (non-hydrogen) atoms. The lowest BCUT2D eigenvalue weighted by Gasteiger charge is -2.12. The maximum absolute atomic E-state index is 14.0. The molecule has 0 unspecified atom stereocenters. The van der Waals surface area contributed by atoms with Crippen LogP contribution in [0.25, 0.3) is 44.3 Å². The van der Waals surface area contributed by atoms with Crippen LogP contribution in [0.3, 0.4) is 0 Å². The first kappa shape index (κ1) is 44.8. The molecular weight excluding hydrogens is 930 g/mol. The Hall–Kier alpha value is -6.34. The molecule has 6 N–H and O–H groups in total. The summed E-state index contributed by atoms with van der Waals surface area (Å²) in [6, 6.07) is 20.6. The Morgan fingerprint density at radius 3 is 1.55 bits per heavy atom. The summed E-state index contributed by atoms with van der Waals surface area (Å²) in [5, 5.41) is 1.85. The van der Waals surface area contributed by atoms with E-state index in [-0.39, 0.29) is 26.3 Å². The quantitative estimate of drug-likeness (QED) is 0.102. The van der Waals surface area contributed by atoms with Crippen LogP contribution < -0.4 is 20.9 Å². The highest BCUT2D eigenvalue weighted by Crippen LogP contribution is 2.42. The topological polar surface area (TPSA) is 206 Å². The van der Waals surface area contributed by atoms with Gasteiger partial charge in [0.1, 0.15) is 52.1 Å². The van der Waals surface area contributed by atoms with E-state index in [0.29, 0.717) is 23.7 Å². The molecule has 8 aromatic rings. The van der Waals surface area contributed by atoms with Crippen molar-refractivity contribution < 1.29 is 25.6 Å². The second-order valence-electron chi connectivity index (χ2n) is 16.2. The number of nitrogens with one attached hydrogen (secondary N) is 2. The van der Waals surface area contributed by atoms with Gasteiger partial charge in [0.15, 0.2) is 0 Å². The Bertz CT molecular complexity index is 3380. The molecule has 10 rings (SSSR count). The minimum atomic E-state index is -4.15. The van der Waals surface area contributed by atoms with Gasteiger partial charge in [0, 0.05) is 35.6 Å². The number of halogens is 4. The number of aromatic nitrogens is 6. The van der Waals surface area contributed by atoms with Crippen LogP contribution in [0.1, 0.15) is 63.5 Å². The van der Waals surface area contributed by atoms with E-state index in [1.54, 1.807) is 36.4 Å². The zero-order valence-corrected chi connectivity index (χ0v) is 38.1. The van der Waals surface area contributed by atoms with Crippen molar-refractivity contribution in [3.05, 3.63) is 132 Å². The van der Waals surface area contributed by atoms with Crippen molar-refractivity contribution in [2.75, 3.05) is 20.9 Å². The van der Waals surface area contributed by atoms with Crippen molar-refractivity contribution in [1.82, 2.24) is 29.1 Å². The van der Waals surface area contributed by atoms with Crippen LogP contribution in [0.5, 0.6) is 0 Å². The number of nitrogen functional groups attached to an aromatic ring is 2. The number of hydrogen-bond acceptors (Lipinski definition) is 10. The standard InChI is InChI=1S/2C23H21ClFN5O2S/c24-19-10-14(8-9-20(19)29-33(31,32)17-7-3-4-15(25)11-17)18-12-30(16-5-1-2-6-16)23-21(18)22(26)27-13-28-23;24-17-11-14(9-10-19(17)29-33(31,32)20-8-4-3-7-18(20)25)16-12-30(15-5-1-2-6-15)23-21(16)22(26)27-13-28-23/h3-4,7-13,16,29H,1-2,5-6H2,(H2,26,27,28);3-4,7-13,15,29H,1-2,5-6H2,(H2,26,27,28). The van der Waals surface area contributed by atoms with Gasteiger partial charge in [-0.2, -0.15) is 0 Å². The predicted octanol–water partition coefficient (Wildman–Crippen LogP) is 10.8. The molecule has 4 aromatic carbocycles. The van der Waals surface area contributed by atoms with E-state index < -0.39 is 36.6 Å². The van der Waals surface area contributed by atoms with E-state index in [4.69, 9.17) is 34.7 Å². The highest BCUT2D eigenvalue weighted by molar-refractivity contribution is 7.93. The molecule has 0 radical (unpaired) electrons. The molecule has 0 spiro atoms. The summed E-state index contributed by atoms with van der Waals surface area (Å²) in [5.41, 5.74) is 17.5. The lowest BCUT2D eigenvalue weighted by Crippen LogP contribution is -2.14. The molecular formula is C46H42Cl2F2N10O4S2.